The van der Waals surface area contributed by atoms with E-state index >= 15 is 0 Å². The SMILES string of the molecule is COc1cccc2noc(CO)c12. The number of hydrogen-bond donors (Lipinski definition) is 1. The predicted molar refractivity (Wildman–Crippen MR) is 46.5 cm³/mol. The number of fused-ring (bicyclic) bond motifs is 1. The zero-order chi connectivity index (χ0) is 9.26. The first-order valence-corrected chi connectivity index (χ1v) is 3.89. The molecule has 4 heteroatoms. The van der Waals surface area contributed by atoms with Crippen LogP contribution in [0.1, 0.15) is 5.76 Å². The summed E-state index contributed by atoms with van der Waals surface area (Å²) >= 11 is 0. The van der Waals surface area contributed by atoms with Gasteiger partial charge in [0.1, 0.15) is 17.9 Å². The standard InChI is InChI=1S/C9H9NO3/c1-12-7-4-2-3-6-9(7)8(5-11)13-10-6/h2-4,11H,5H2,1H3. The fourth-order valence-electron chi connectivity index (χ4n) is 1.30. The van der Waals surface area contributed by atoms with Crippen molar-refractivity contribution in [2.75, 3.05) is 7.11 Å². The molecule has 0 bridgehead atoms. The van der Waals surface area contributed by atoms with Crippen LogP contribution in [0.4, 0.5) is 0 Å². The zero-order valence-corrected chi connectivity index (χ0v) is 7.15. The molecule has 1 N–H and O–H groups in total. The van der Waals surface area contributed by atoms with Crippen LogP contribution in [0.5, 0.6) is 5.75 Å². The maximum atomic E-state index is 8.96. The van der Waals surface area contributed by atoms with Crippen molar-refractivity contribution in [1.82, 2.24) is 5.16 Å². The normalized spacial score (nSPS) is 10.6. The van der Waals surface area contributed by atoms with Gasteiger partial charge in [-0.05, 0) is 12.1 Å². The lowest BCUT2D eigenvalue weighted by atomic mass is 10.2. The Kier molecular flexibility index (Phi) is 1.90. The minimum absolute atomic E-state index is 0.170. The number of aliphatic hydroxyl groups is 1. The number of ether oxygens (including phenoxy) is 1. The summed E-state index contributed by atoms with van der Waals surface area (Å²) in [5, 5.41) is 13.5. The third-order valence-electron chi connectivity index (χ3n) is 1.90. The molecule has 0 unspecified atom stereocenters. The van der Waals surface area contributed by atoms with Crippen molar-refractivity contribution in [1.29, 1.82) is 0 Å². The summed E-state index contributed by atoms with van der Waals surface area (Å²) in [7, 11) is 1.57. The smallest absolute Gasteiger partial charge is 0.173 e. The second-order valence-electron chi connectivity index (χ2n) is 2.62. The van der Waals surface area contributed by atoms with Gasteiger partial charge in [0.05, 0.1) is 12.5 Å². The molecule has 68 valence electrons. The van der Waals surface area contributed by atoms with Gasteiger partial charge in [0.2, 0.25) is 0 Å². The first-order valence-electron chi connectivity index (χ1n) is 3.89. The highest BCUT2D eigenvalue weighted by Crippen LogP contribution is 2.28. The molecule has 1 aromatic heterocycles. The van der Waals surface area contributed by atoms with E-state index in [-0.39, 0.29) is 6.61 Å². The van der Waals surface area contributed by atoms with Crippen LogP contribution < -0.4 is 4.74 Å². The Morgan fingerprint density at radius 3 is 3.08 bits per heavy atom. The number of rotatable bonds is 2. The maximum absolute atomic E-state index is 8.96. The van der Waals surface area contributed by atoms with Crippen LogP contribution in [0.15, 0.2) is 22.7 Å². The van der Waals surface area contributed by atoms with Gasteiger partial charge in [-0.15, -0.1) is 0 Å². The van der Waals surface area contributed by atoms with Crippen molar-refractivity contribution < 1.29 is 14.4 Å². The molecule has 13 heavy (non-hydrogen) atoms. The second kappa shape index (κ2) is 3.06. The van der Waals surface area contributed by atoms with Crippen LogP contribution in [0.25, 0.3) is 10.9 Å². The molecule has 1 aromatic carbocycles. The summed E-state index contributed by atoms with van der Waals surface area (Å²) in [5.41, 5.74) is 0.698. The zero-order valence-electron chi connectivity index (χ0n) is 7.15. The second-order valence-corrected chi connectivity index (χ2v) is 2.62. The molecule has 0 spiro atoms. The van der Waals surface area contributed by atoms with Crippen molar-refractivity contribution >= 4 is 10.9 Å². The van der Waals surface area contributed by atoms with Crippen LogP contribution in [-0.2, 0) is 6.61 Å². The quantitative estimate of drug-likeness (QED) is 0.755. The number of nitrogens with zero attached hydrogens (tertiary/aromatic N) is 1. The van der Waals surface area contributed by atoms with Crippen molar-refractivity contribution in [3.05, 3.63) is 24.0 Å². The average molecular weight is 179 g/mol. The molecule has 0 aliphatic heterocycles. The Labute approximate surface area is 74.7 Å². The Morgan fingerprint density at radius 1 is 1.54 bits per heavy atom. The number of benzene rings is 1. The molecule has 0 aliphatic carbocycles. The Balaban J connectivity index is 2.76. The highest BCUT2D eigenvalue weighted by Gasteiger charge is 2.11. The van der Waals surface area contributed by atoms with Gasteiger partial charge in [-0.1, -0.05) is 11.2 Å². The van der Waals surface area contributed by atoms with Gasteiger partial charge >= 0.3 is 0 Å². The van der Waals surface area contributed by atoms with Gasteiger partial charge in [0, 0.05) is 0 Å². The van der Waals surface area contributed by atoms with E-state index in [0.29, 0.717) is 17.0 Å². The highest BCUT2D eigenvalue weighted by atomic mass is 16.5. The molecule has 1 heterocycles. The molecule has 0 saturated carbocycles. The van der Waals surface area contributed by atoms with Crippen LogP contribution in [0.3, 0.4) is 0 Å². The van der Waals surface area contributed by atoms with Crippen LogP contribution in [-0.4, -0.2) is 17.4 Å². The van der Waals surface area contributed by atoms with Gasteiger partial charge in [-0.2, -0.15) is 0 Å². The van der Waals surface area contributed by atoms with Gasteiger partial charge in [0.15, 0.2) is 5.76 Å². The molecular formula is C9H9NO3. The van der Waals surface area contributed by atoms with E-state index in [1.54, 1.807) is 19.2 Å². The van der Waals surface area contributed by atoms with E-state index in [1.807, 2.05) is 6.07 Å². The highest BCUT2D eigenvalue weighted by molar-refractivity contribution is 5.86. The first-order chi connectivity index (χ1) is 6.36. The van der Waals surface area contributed by atoms with Crippen molar-refractivity contribution in [2.45, 2.75) is 6.61 Å². The minimum Gasteiger partial charge on any atom is -0.496 e. The summed E-state index contributed by atoms with van der Waals surface area (Å²) in [4.78, 5) is 0. The lowest BCUT2D eigenvalue weighted by Gasteiger charge is -1.99. The lowest BCUT2D eigenvalue weighted by molar-refractivity contribution is 0.231. The third kappa shape index (κ3) is 1.15. The van der Waals surface area contributed by atoms with Crippen molar-refractivity contribution in [3.63, 3.8) is 0 Å². The van der Waals surface area contributed by atoms with E-state index < -0.39 is 0 Å². The largest absolute Gasteiger partial charge is 0.496 e. The topological polar surface area (TPSA) is 55.5 Å². The fourth-order valence-corrected chi connectivity index (χ4v) is 1.30. The van der Waals surface area contributed by atoms with Crippen molar-refractivity contribution in [2.24, 2.45) is 0 Å². The summed E-state index contributed by atoms with van der Waals surface area (Å²) in [6.45, 7) is -0.170. The van der Waals surface area contributed by atoms with E-state index in [4.69, 9.17) is 14.4 Å². The molecule has 0 fully saturated rings. The first kappa shape index (κ1) is 8.07. The van der Waals surface area contributed by atoms with Gasteiger partial charge in [0.25, 0.3) is 0 Å². The molecule has 4 nitrogen and oxygen atoms in total. The van der Waals surface area contributed by atoms with Crippen LogP contribution >= 0.6 is 0 Å². The molecule has 2 rings (SSSR count). The monoisotopic (exact) mass is 179 g/mol. The number of hydrogen-bond acceptors (Lipinski definition) is 4. The minimum atomic E-state index is -0.170. The summed E-state index contributed by atoms with van der Waals surface area (Å²) < 4.78 is 10.0. The third-order valence-corrected chi connectivity index (χ3v) is 1.90. The fraction of sp³-hybridized carbons (Fsp3) is 0.222. The molecule has 0 saturated heterocycles. The number of aliphatic hydroxyl groups excluding tert-OH is 1. The lowest BCUT2D eigenvalue weighted by Crippen LogP contribution is -1.86. The van der Waals surface area contributed by atoms with E-state index in [9.17, 15) is 0 Å². The molecule has 0 aliphatic rings. The Bertz CT molecular complexity index is 422. The summed E-state index contributed by atoms with van der Waals surface area (Å²) in [6.07, 6.45) is 0. The van der Waals surface area contributed by atoms with Gasteiger partial charge in [-0.25, -0.2) is 0 Å². The van der Waals surface area contributed by atoms with Crippen LogP contribution in [0, 0.1) is 0 Å². The molecule has 0 radical (unpaired) electrons. The molecule has 2 aromatic rings. The van der Waals surface area contributed by atoms with Crippen LogP contribution in [0.2, 0.25) is 0 Å². The van der Waals surface area contributed by atoms with E-state index in [2.05, 4.69) is 5.16 Å². The van der Waals surface area contributed by atoms with Gasteiger partial charge in [-0.3, -0.25) is 0 Å². The Morgan fingerprint density at radius 2 is 2.38 bits per heavy atom. The summed E-state index contributed by atoms with van der Waals surface area (Å²) in [5.74, 6) is 1.11. The molecule has 0 amide bonds. The van der Waals surface area contributed by atoms with Gasteiger partial charge < -0.3 is 14.4 Å². The predicted octanol–water partition coefficient (Wildman–Crippen LogP) is 1.33. The van der Waals surface area contributed by atoms with E-state index in [1.165, 1.54) is 0 Å². The molecular weight excluding hydrogens is 170 g/mol. The Hall–Kier alpha value is -1.55. The number of aromatic nitrogens is 1. The maximum Gasteiger partial charge on any atom is 0.173 e. The molecule has 0 atom stereocenters. The van der Waals surface area contributed by atoms with Crippen molar-refractivity contribution in [3.8, 4) is 5.75 Å². The van der Waals surface area contributed by atoms with E-state index in [0.717, 1.165) is 5.39 Å². The number of methoxy groups -OCH3 is 1. The average Bonchev–Trinajstić information content (AvgIpc) is 2.60. The summed E-state index contributed by atoms with van der Waals surface area (Å²) in [6, 6.07) is 5.43.